The van der Waals surface area contributed by atoms with Gasteiger partial charge in [-0.05, 0) is 103 Å². The normalized spacial score (nSPS) is 11.4. The van der Waals surface area contributed by atoms with Crippen LogP contribution in [0.25, 0.3) is 93.5 Å². The number of aromatic nitrogens is 1. The van der Waals surface area contributed by atoms with Gasteiger partial charge in [0.15, 0.2) is 0 Å². The first-order valence-electron chi connectivity index (χ1n) is 22.0. The van der Waals surface area contributed by atoms with E-state index in [2.05, 4.69) is 264 Å². The number of para-hydroxylation sites is 4. The Balaban J connectivity index is 1.05. The molecule has 12 aromatic rings. The van der Waals surface area contributed by atoms with Gasteiger partial charge in [0.2, 0.25) is 0 Å². The van der Waals surface area contributed by atoms with Gasteiger partial charge < -0.3 is 9.47 Å². The molecular formula is C62H42N2. The second kappa shape index (κ2) is 15.8. The molecule has 0 fully saturated rings. The Labute approximate surface area is 373 Å². The van der Waals surface area contributed by atoms with Crippen molar-refractivity contribution in [3.8, 4) is 50.2 Å². The molecule has 300 valence electrons. The van der Waals surface area contributed by atoms with Gasteiger partial charge in [-0.2, -0.15) is 0 Å². The van der Waals surface area contributed by atoms with Gasteiger partial charge in [0.1, 0.15) is 0 Å². The van der Waals surface area contributed by atoms with Crippen LogP contribution in [0.15, 0.2) is 255 Å². The van der Waals surface area contributed by atoms with Crippen LogP contribution in [0.2, 0.25) is 0 Å². The topological polar surface area (TPSA) is 8.17 Å². The Morgan fingerprint density at radius 3 is 1.45 bits per heavy atom. The summed E-state index contributed by atoms with van der Waals surface area (Å²) >= 11 is 0. The highest BCUT2D eigenvalue weighted by Gasteiger charge is 2.22. The first-order valence-corrected chi connectivity index (χ1v) is 22.0. The lowest BCUT2D eigenvalue weighted by Gasteiger charge is -2.29. The van der Waals surface area contributed by atoms with Gasteiger partial charge >= 0.3 is 0 Å². The summed E-state index contributed by atoms with van der Waals surface area (Å²) in [6, 6.07) is 92.7. The van der Waals surface area contributed by atoms with E-state index in [-0.39, 0.29) is 0 Å². The van der Waals surface area contributed by atoms with Gasteiger partial charge in [0, 0.05) is 33.3 Å². The standard InChI is InChI=1S/C62H42N2/c1-2-18-43(19-3-1)50-30-16-33-54-51(31-17-32-53(50)54)45-38-40-47(41-39-45)63(48-23-14-22-46(42-48)52-29-15-21-44-20-4-5-24-49(44)52)59-34-10-6-25-55(59)56-26-7-11-35-60(56)64-61-36-12-8-27-57(61)58-28-9-13-37-62(58)64/h1-42H. The van der Waals surface area contributed by atoms with Crippen LogP contribution < -0.4 is 4.90 Å². The van der Waals surface area contributed by atoms with Gasteiger partial charge in [-0.15, -0.1) is 0 Å². The molecule has 1 aromatic heterocycles. The minimum absolute atomic E-state index is 1.07. The van der Waals surface area contributed by atoms with Gasteiger partial charge in [-0.1, -0.05) is 206 Å². The summed E-state index contributed by atoms with van der Waals surface area (Å²) in [5, 5.41) is 7.45. The molecular weight excluding hydrogens is 773 g/mol. The van der Waals surface area contributed by atoms with Crippen molar-refractivity contribution in [3.05, 3.63) is 255 Å². The molecule has 2 nitrogen and oxygen atoms in total. The maximum Gasteiger partial charge on any atom is 0.0541 e. The highest BCUT2D eigenvalue weighted by molar-refractivity contribution is 6.10. The van der Waals surface area contributed by atoms with Gasteiger partial charge in [0.05, 0.1) is 22.4 Å². The zero-order valence-corrected chi connectivity index (χ0v) is 35.1. The first-order chi connectivity index (χ1) is 31.8. The SMILES string of the molecule is c1ccc(-c2cccc3c(-c4ccc(N(c5cccc(-c6cccc7ccccc67)c5)c5ccccc5-c5ccccc5-n5c6ccccc6c6ccccc65)cc4)cccc23)cc1. The summed E-state index contributed by atoms with van der Waals surface area (Å²) in [4.78, 5) is 2.44. The van der Waals surface area contributed by atoms with Crippen LogP contribution in [0.1, 0.15) is 0 Å². The summed E-state index contributed by atoms with van der Waals surface area (Å²) in [5.41, 5.74) is 16.3. The molecule has 0 aliphatic carbocycles. The van der Waals surface area contributed by atoms with Crippen LogP contribution in [-0.2, 0) is 0 Å². The third-order valence-electron chi connectivity index (χ3n) is 12.8. The predicted octanol–water partition coefficient (Wildman–Crippen LogP) is 17.2. The summed E-state index contributed by atoms with van der Waals surface area (Å²) in [7, 11) is 0. The molecule has 0 aliphatic heterocycles. The van der Waals surface area contributed by atoms with E-state index < -0.39 is 0 Å². The molecule has 0 aliphatic rings. The number of benzene rings is 11. The molecule has 1 heterocycles. The van der Waals surface area contributed by atoms with Crippen molar-refractivity contribution in [3.63, 3.8) is 0 Å². The molecule has 0 N–H and O–H groups in total. The van der Waals surface area contributed by atoms with E-state index in [1.165, 1.54) is 76.7 Å². The highest BCUT2D eigenvalue weighted by atomic mass is 15.1. The van der Waals surface area contributed by atoms with Crippen molar-refractivity contribution in [2.45, 2.75) is 0 Å². The average Bonchev–Trinajstić information content (AvgIpc) is 3.71. The predicted molar refractivity (Wildman–Crippen MR) is 272 cm³/mol. The molecule has 0 unspecified atom stereocenters. The van der Waals surface area contributed by atoms with Crippen LogP contribution in [0.3, 0.4) is 0 Å². The van der Waals surface area contributed by atoms with E-state index in [9.17, 15) is 0 Å². The Morgan fingerprint density at radius 1 is 0.266 bits per heavy atom. The van der Waals surface area contributed by atoms with Gasteiger partial charge in [-0.3, -0.25) is 0 Å². The number of hydrogen-bond donors (Lipinski definition) is 0. The summed E-state index contributed by atoms with van der Waals surface area (Å²) < 4.78 is 2.43. The number of fused-ring (bicyclic) bond motifs is 5. The van der Waals surface area contributed by atoms with Crippen molar-refractivity contribution in [2.24, 2.45) is 0 Å². The molecule has 11 aromatic carbocycles. The minimum atomic E-state index is 1.07. The van der Waals surface area contributed by atoms with Crippen molar-refractivity contribution in [2.75, 3.05) is 4.90 Å². The number of hydrogen-bond acceptors (Lipinski definition) is 1. The smallest absolute Gasteiger partial charge is 0.0541 e. The lowest BCUT2D eigenvalue weighted by atomic mass is 9.93. The van der Waals surface area contributed by atoms with Crippen molar-refractivity contribution in [1.29, 1.82) is 0 Å². The first kappa shape index (κ1) is 37.3. The fourth-order valence-corrected chi connectivity index (χ4v) is 9.91. The minimum Gasteiger partial charge on any atom is -0.310 e. The zero-order chi connectivity index (χ0) is 42.4. The summed E-state index contributed by atoms with van der Waals surface area (Å²) in [5.74, 6) is 0. The molecule has 0 saturated heterocycles. The van der Waals surface area contributed by atoms with Gasteiger partial charge in [-0.25, -0.2) is 0 Å². The highest BCUT2D eigenvalue weighted by Crippen LogP contribution is 2.46. The molecule has 12 rings (SSSR count). The molecule has 0 atom stereocenters. The van der Waals surface area contributed by atoms with Crippen LogP contribution in [0.5, 0.6) is 0 Å². The molecule has 0 spiro atoms. The van der Waals surface area contributed by atoms with Crippen molar-refractivity contribution >= 4 is 60.4 Å². The van der Waals surface area contributed by atoms with E-state index >= 15 is 0 Å². The van der Waals surface area contributed by atoms with E-state index in [0.717, 1.165) is 33.9 Å². The number of rotatable bonds is 8. The third-order valence-corrected chi connectivity index (χ3v) is 12.8. The third kappa shape index (κ3) is 6.35. The molecule has 0 amide bonds. The van der Waals surface area contributed by atoms with Crippen LogP contribution >= 0.6 is 0 Å². The van der Waals surface area contributed by atoms with E-state index in [4.69, 9.17) is 0 Å². The number of anilines is 3. The van der Waals surface area contributed by atoms with Crippen LogP contribution in [0, 0.1) is 0 Å². The lowest BCUT2D eigenvalue weighted by Crippen LogP contribution is -2.12. The fraction of sp³-hybridized carbons (Fsp3) is 0. The molecule has 0 bridgehead atoms. The van der Waals surface area contributed by atoms with E-state index in [0.29, 0.717) is 0 Å². The lowest BCUT2D eigenvalue weighted by molar-refractivity contribution is 1.18. The maximum atomic E-state index is 2.44. The second-order valence-corrected chi connectivity index (χ2v) is 16.4. The fourth-order valence-electron chi connectivity index (χ4n) is 9.91. The van der Waals surface area contributed by atoms with E-state index in [1.54, 1.807) is 0 Å². The second-order valence-electron chi connectivity index (χ2n) is 16.4. The quantitative estimate of drug-likeness (QED) is 0.148. The number of nitrogens with zero attached hydrogens (tertiary/aromatic N) is 2. The van der Waals surface area contributed by atoms with E-state index in [1.807, 2.05) is 0 Å². The van der Waals surface area contributed by atoms with Gasteiger partial charge in [0.25, 0.3) is 0 Å². The summed E-state index contributed by atoms with van der Waals surface area (Å²) in [6.07, 6.45) is 0. The van der Waals surface area contributed by atoms with Crippen molar-refractivity contribution < 1.29 is 0 Å². The Hall–Kier alpha value is -8.46. The average molecular weight is 815 g/mol. The van der Waals surface area contributed by atoms with Crippen molar-refractivity contribution in [1.82, 2.24) is 4.57 Å². The Morgan fingerprint density at radius 2 is 0.734 bits per heavy atom. The molecule has 0 radical (unpaired) electrons. The Kier molecular flexibility index (Phi) is 9.20. The zero-order valence-electron chi connectivity index (χ0n) is 35.1. The van der Waals surface area contributed by atoms with Crippen LogP contribution in [-0.4, -0.2) is 4.57 Å². The summed E-state index contributed by atoms with van der Waals surface area (Å²) in [6.45, 7) is 0. The molecule has 0 saturated carbocycles. The molecule has 2 heteroatoms. The Bertz CT molecular complexity index is 3610. The maximum absolute atomic E-state index is 2.44. The largest absolute Gasteiger partial charge is 0.310 e. The monoisotopic (exact) mass is 814 g/mol. The van der Waals surface area contributed by atoms with Crippen LogP contribution in [0.4, 0.5) is 17.1 Å². The molecule has 64 heavy (non-hydrogen) atoms.